The second-order valence-electron chi connectivity index (χ2n) is 9.94. The first-order valence-electron chi connectivity index (χ1n) is 12.9. The van der Waals surface area contributed by atoms with Gasteiger partial charge >= 0.3 is 0 Å². The van der Waals surface area contributed by atoms with Gasteiger partial charge in [0, 0.05) is 25.0 Å². The summed E-state index contributed by atoms with van der Waals surface area (Å²) in [5.74, 6) is 0. The van der Waals surface area contributed by atoms with Gasteiger partial charge in [-0.1, -0.05) is 65.5 Å². The van der Waals surface area contributed by atoms with Gasteiger partial charge in [-0.05, 0) is 77.4 Å². The third-order valence-electron chi connectivity index (χ3n) is 8.70. The summed E-state index contributed by atoms with van der Waals surface area (Å²) in [6, 6.07) is 16.2. The topological polar surface area (TPSA) is 3.88 Å². The molecule has 0 spiro atoms. The molecule has 1 aliphatic heterocycles. The van der Waals surface area contributed by atoms with Crippen LogP contribution in [-0.2, 0) is 11.0 Å². The molecule has 3 aromatic rings. The summed E-state index contributed by atoms with van der Waals surface area (Å²) in [7, 11) is 0. The summed E-state index contributed by atoms with van der Waals surface area (Å²) in [4.78, 5) is 0. The van der Waals surface area contributed by atoms with Crippen molar-refractivity contribution < 1.29 is 4.57 Å². The molecular formula is C32H40N+. The molecule has 33 heavy (non-hydrogen) atoms. The Hall–Kier alpha value is -2.67. The first kappa shape index (κ1) is 23.5. The zero-order chi connectivity index (χ0) is 23.8. The van der Waals surface area contributed by atoms with E-state index in [4.69, 9.17) is 0 Å². The van der Waals surface area contributed by atoms with Crippen LogP contribution in [0.5, 0.6) is 0 Å². The molecule has 0 aliphatic carbocycles. The molecule has 0 amide bonds. The minimum atomic E-state index is 0.0524. The Balaban J connectivity index is 2.07. The Morgan fingerprint density at radius 2 is 1.76 bits per heavy atom. The summed E-state index contributed by atoms with van der Waals surface area (Å²) in [5.41, 5.74) is 7.99. The first-order chi connectivity index (χ1) is 15.9. The van der Waals surface area contributed by atoms with Gasteiger partial charge in [0.15, 0.2) is 11.7 Å². The summed E-state index contributed by atoms with van der Waals surface area (Å²) >= 11 is 0. The summed E-state index contributed by atoms with van der Waals surface area (Å²) in [5, 5.41) is 2.62. The Bertz CT molecular complexity index is 1210. The highest BCUT2D eigenvalue weighted by atomic mass is 15.1. The molecule has 1 aromatic heterocycles. The summed E-state index contributed by atoms with van der Waals surface area (Å²) < 4.78 is 2.60. The van der Waals surface area contributed by atoms with Gasteiger partial charge < -0.3 is 0 Å². The van der Waals surface area contributed by atoms with Crippen LogP contribution in [-0.4, -0.2) is 0 Å². The fourth-order valence-corrected chi connectivity index (χ4v) is 6.55. The second kappa shape index (κ2) is 8.93. The molecule has 0 radical (unpaired) electrons. The van der Waals surface area contributed by atoms with Crippen LogP contribution < -0.4 is 4.57 Å². The molecule has 0 bridgehead atoms. The third kappa shape index (κ3) is 3.31. The third-order valence-corrected chi connectivity index (χ3v) is 8.70. The molecular weight excluding hydrogens is 398 g/mol. The van der Waals surface area contributed by atoms with Gasteiger partial charge in [0.05, 0.1) is 11.0 Å². The van der Waals surface area contributed by atoms with Gasteiger partial charge in [-0.2, -0.15) is 4.57 Å². The van der Waals surface area contributed by atoms with Crippen molar-refractivity contribution in [1.82, 2.24) is 0 Å². The number of hydrogen-bond donors (Lipinski definition) is 0. The second-order valence-corrected chi connectivity index (χ2v) is 9.94. The van der Waals surface area contributed by atoms with Gasteiger partial charge in [0.25, 0.3) is 0 Å². The summed E-state index contributed by atoms with van der Waals surface area (Å²) in [6.07, 6.45) is 11.0. The fourth-order valence-electron chi connectivity index (χ4n) is 6.55. The van der Waals surface area contributed by atoms with Crippen molar-refractivity contribution in [3.05, 3.63) is 78.5 Å². The van der Waals surface area contributed by atoms with Crippen molar-refractivity contribution in [1.29, 1.82) is 0 Å². The van der Waals surface area contributed by atoms with Crippen molar-refractivity contribution in [3.63, 3.8) is 0 Å². The highest BCUT2D eigenvalue weighted by molar-refractivity contribution is 6.01. The molecule has 1 heteroatoms. The average Bonchev–Trinajstić information content (AvgIpc) is 2.86. The van der Waals surface area contributed by atoms with E-state index in [1.165, 1.54) is 57.1 Å². The Morgan fingerprint density at radius 3 is 2.39 bits per heavy atom. The molecule has 172 valence electrons. The predicted octanol–water partition coefficient (Wildman–Crippen LogP) is 8.84. The maximum Gasteiger partial charge on any atom is 0.213 e. The number of benzene rings is 2. The molecule has 2 heterocycles. The van der Waals surface area contributed by atoms with E-state index in [-0.39, 0.29) is 11.0 Å². The van der Waals surface area contributed by atoms with E-state index in [0.717, 1.165) is 25.7 Å². The van der Waals surface area contributed by atoms with Gasteiger partial charge in [-0.3, -0.25) is 0 Å². The number of nitrogens with zero attached hydrogens (tertiary/aromatic N) is 1. The van der Waals surface area contributed by atoms with Crippen LogP contribution in [0.3, 0.4) is 0 Å². The largest absolute Gasteiger partial charge is 0.213 e. The Kier molecular flexibility index (Phi) is 6.36. The lowest BCUT2D eigenvalue weighted by Gasteiger charge is -2.48. The maximum atomic E-state index is 4.43. The normalized spacial score (nSPS) is 18.6. The molecule has 1 unspecified atom stereocenters. The maximum absolute atomic E-state index is 4.43. The van der Waals surface area contributed by atoms with Crippen LogP contribution in [0.15, 0.2) is 61.8 Å². The van der Waals surface area contributed by atoms with E-state index in [1.807, 2.05) is 6.08 Å². The van der Waals surface area contributed by atoms with Gasteiger partial charge in [-0.15, -0.1) is 0 Å². The van der Waals surface area contributed by atoms with Crippen molar-refractivity contribution in [3.8, 4) is 11.3 Å². The van der Waals surface area contributed by atoms with Crippen molar-refractivity contribution >= 4 is 22.4 Å². The lowest BCUT2D eigenvalue weighted by molar-refractivity contribution is -0.769. The lowest BCUT2D eigenvalue weighted by Crippen LogP contribution is -2.68. The fraction of sp³-hybridized carbons (Fsp3) is 0.406. The van der Waals surface area contributed by atoms with Crippen LogP contribution in [0, 0.1) is 0 Å². The standard InChI is InChI=1S/C32H40N/c1-8-13-16-23(6)26-22-25-18-19-28-30(27(25)21-24(26)9-2)29-17-14-15-20-33(29)32(11-4,12-5)31(28,7)10-3/h9,14-15,17-22H,2,6,8,10-13,16H2,1,3-5,7H3/q+1. The van der Waals surface area contributed by atoms with Gasteiger partial charge in [0.2, 0.25) is 5.69 Å². The van der Waals surface area contributed by atoms with Crippen LogP contribution in [0.4, 0.5) is 0 Å². The first-order valence-corrected chi connectivity index (χ1v) is 12.9. The average molecular weight is 439 g/mol. The molecule has 1 aliphatic rings. The molecule has 0 N–H and O–H groups in total. The highest BCUT2D eigenvalue weighted by Gasteiger charge is 2.58. The van der Waals surface area contributed by atoms with Crippen LogP contribution in [0.1, 0.15) is 89.8 Å². The van der Waals surface area contributed by atoms with E-state index < -0.39 is 0 Å². The van der Waals surface area contributed by atoms with E-state index in [1.54, 1.807) is 0 Å². The zero-order valence-electron chi connectivity index (χ0n) is 21.3. The number of rotatable bonds is 8. The molecule has 2 aromatic carbocycles. The number of aromatic nitrogens is 1. The van der Waals surface area contributed by atoms with Crippen molar-refractivity contribution in [2.24, 2.45) is 0 Å². The quantitative estimate of drug-likeness (QED) is 0.309. The van der Waals surface area contributed by atoms with E-state index >= 15 is 0 Å². The molecule has 0 fully saturated rings. The number of fused-ring (bicyclic) bond motifs is 5. The summed E-state index contributed by atoms with van der Waals surface area (Å²) in [6.45, 7) is 20.4. The smallest absolute Gasteiger partial charge is 0.192 e. The van der Waals surface area contributed by atoms with Gasteiger partial charge in [0.1, 0.15) is 0 Å². The monoisotopic (exact) mass is 438 g/mol. The van der Waals surface area contributed by atoms with Crippen LogP contribution >= 0.6 is 0 Å². The Labute approximate surface area is 200 Å². The minimum absolute atomic E-state index is 0.0524. The van der Waals surface area contributed by atoms with Crippen molar-refractivity contribution in [2.75, 3.05) is 0 Å². The zero-order valence-corrected chi connectivity index (χ0v) is 21.3. The Morgan fingerprint density at radius 1 is 1.00 bits per heavy atom. The van der Waals surface area contributed by atoms with Gasteiger partial charge in [-0.25, -0.2) is 0 Å². The van der Waals surface area contributed by atoms with Crippen LogP contribution in [0.2, 0.25) is 0 Å². The molecule has 4 rings (SSSR count). The van der Waals surface area contributed by atoms with Crippen molar-refractivity contribution in [2.45, 2.75) is 84.1 Å². The number of allylic oxidation sites excluding steroid dienone is 1. The van der Waals surface area contributed by atoms with E-state index in [2.05, 4.69) is 101 Å². The number of pyridine rings is 1. The molecule has 1 nitrogen and oxygen atoms in total. The van der Waals surface area contributed by atoms with Crippen LogP contribution in [0.25, 0.3) is 33.7 Å². The highest BCUT2D eigenvalue weighted by Crippen LogP contribution is 2.52. The molecule has 1 atom stereocenters. The SMILES string of the molecule is C=Cc1cc2c3c(ccc2cc1C(=C)CCCC)C(C)(CC)C(CC)(CC)[n+]1ccccc1-3. The van der Waals surface area contributed by atoms with E-state index in [0.29, 0.717) is 0 Å². The lowest BCUT2D eigenvalue weighted by atomic mass is 9.58. The number of hydrogen-bond acceptors (Lipinski definition) is 0. The predicted molar refractivity (Wildman–Crippen MR) is 144 cm³/mol. The minimum Gasteiger partial charge on any atom is -0.192 e. The molecule has 0 saturated heterocycles. The molecule has 0 saturated carbocycles. The number of unbranched alkanes of at least 4 members (excludes halogenated alkanes) is 1. The van der Waals surface area contributed by atoms with E-state index in [9.17, 15) is 0 Å².